The number of sulfonamides is 1. The van der Waals surface area contributed by atoms with Gasteiger partial charge in [0.15, 0.2) is 0 Å². The van der Waals surface area contributed by atoms with Crippen LogP contribution in [0.3, 0.4) is 0 Å². The van der Waals surface area contributed by atoms with E-state index < -0.39 is 20.6 Å². The first kappa shape index (κ1) is 17.9. The summed E-state index contributed by atoms with van der Waals surface area (Å²) < 4.78 is 27.2. The van der Waals surface area contributed by atoms with Crippen LogP contribution < -0.4 is 10.5 Å². The van der Waals surface area contributed by atoms with Gasteiger partial charge in [-0.3, -0.25) is 14.9 Å². The maximum atomic E-state index is 11.2. The molecule has 10 heteroatoms. The molecule has 0 spiro atoms. The van der Waals surface area contributed by atoms with Gasteiger partial charge in [-0.1, -0.05) is 0 Å². The topological polar surface area (TPSA) is 142 Å². The number of ether oxygens (including phenoxy) is 1. The zero-order chi connectivity index (χ0) is 16.8. The van der Waals surface area contributed by atoms with Gasteiger partial charge in [0.2, 0.25) is 10.0 Å². The van der Waals surface area contributed by atoms with Gasteiger partial charge in [0.1, 0.15) is 5.69 Å². The van der Waals surface area contributed by atoms with Gasteiger partial charge < -0.3 is 10.1 Å². The van der Waals surface area contributed by atoms with Gasteiger partial charge in [0, 0.05) is 19.0 Å². The summed E-state index contributed by atoms with van der Waals surface area (Å²) in [6.45, 7) is 2.30. The summed E-state index contributed by atoms with van der Waals surface area (Å²) in [6.07, 6.45) is 0.608. The van der Waals surface area contributed by atoms with E-state index in [1.165, 1.54) is 12.1 Å². The van der Waals surface area contributed by atoms with Crippen LogP contribution >= 0.6 is 0 Å². The molecule has 0 saturated heterocycles. The second kappa shape index (κ2) is 7.71. The third kappa shape index (κ3) is 5.30. The highest BCUT2D eigenvalue weighted by Gasteiger charge is 2.18. The highest BCUT2D eigenvalue weighted by Crippen LogP contribution is 2.27. The van der Waals surface area contributed by atoms with Crippen LogP contribution in [0.1, 0.15) is 19.8 Å². The average molecular weight is 331 g/mol. The monoisotopic (exact) mass is 331 g/mol. The quantitative estimate of drug-likeness (QED) is 0.313. The minimum atomic E-state index is -4.01. The van der Waals surface area contributed by atoms with Crippen molar-refractivity contribution in [1.82, 2.24) is 0 Å². The average Bonchev–Trinajstić information content (AvgIpc) is 2.42. The number of anilines is 1. The van der Waals surface area contributed by atoms with Crippen LogP contribution in [0.15, 0.2) is 23.1 Å². The van der Waals surface area contributed by atoms with Crippen molar-refractivity contribution in [1.29, 1.82) is 0 Å². The molecule has 1 aromatic rings. The van der Waals surface area contributed by atoms with Gasteiger partial charge in [0.25, 0.3) is 5.69 Å². The molecule has 122 valence electrons. The van der Waals surface area contributed by atoms with E-state index in [2.05, 4.69) is 5.32 Å². The Balaban J connectivity index is 2.75. The first-order valence-corrected chi connectivity index (χ1v) is 8.01. The van der Waals surface area contributed by atoms with Crippen molar-refractivity contribution in [3.05, 3.63) is 28.3 Å². The van der Waals surface area contributed by atoms with Crippen LogP contribution in [0.25, 0.3) is 0 Å². The first-order valence-electron chi connectivity index (χ1n) is 6.46. The van der Waals surface area contributed by atoms with Crippen LogP contribution in [0.4, 0.5) is 11.4 Å². The number of hydrogen-bond acceptors (Lipinski definition) is 7. The number of nitrogens with two attached hydrogens (primary N) is 1. The molecule has 0 atom stereocenters. The van der Waals surface area contributed by atoms with Crippen LogP contribution in [-0.4, -0.2) is 32.5 Å². The number of primary sulfonamides is 1. The molecule has 0 radical (unpaired) electrons. The lowest BCUT2D eigenvalue weighted by Crippen LogP contribution is -2.13. The third-order valence-electron chi connectivity index (χ3n) is 2.67. The van der Waals surface area contributed by atoms with Crippen molar-refractivity contribution in [2.45, 2.75) is 24.7 Å². The number of nitro groups is 1. The van der Waals surface area contributed by atoms with Crippen LogP contribution in [0.2, 0.25) is 0 Å². The molecule has 1 rings (SSSR count). The van der Waals surface area contributed by atoms with Gasteiger partial charge in [-0.2, -0.15) is 0 Å². The number of carbonyl (C=O) groups excluding carboxylic acids is 1. The molecule has 3 N–H and O–H groups in total. The standard InChI is InChI=1S/C12H17N3O6S/c1-2-21-12(16)4-3-7-14-10-6-5-9(22(13,19)20)8-11(10)15(17)18/h5-6,8,14H,2-4,7H2,1H3,(H2,13,19,20). The van der Waals surface area contributed by atoms with Crippen molar-refractivity contribution in [2.24, 2.45) is 5.14 Å². The fraction of sp³-hybridized carbons (Fsp3) is 0.417. The van der Waals surface area contributed by atoms with Gasteiger partial charge in [0.05, 0.1) is 16.4 Å². The van der Waals surface area contributed by atoms with Gasteiger partial charge >= 0.3 is 5.97 Å². The number of nitrogens with one attached hydrogen (secondary N) is 1. The number of esters is 1. The second-order valence-corrected chi connectivity index (χ2v) is 5.88. The number of carbonyl (C=O) groups is 1. The molecular weight excluding hydrogens is 314 g/mol. The van der Waals surface area contributed by atoms with E-state index in [0.717, 1.165) is 6.07 Å². The van der Waals surface area contributed by atoms with E-state index in [-0.39, 0.29) is 23.0 Å². The summed E-state index contributed by atoms with van der Waals surface area (Å²) in [5, 5.41) is 18.7. The lowest BCUT2D eigenvalue weighted by molar-refractivity contribution is -0.384. The summed E-state index contributed by atoms with van der Waals surface area (Å²) in [6, 6.07) is 3.33. The summed E-state index contributed by atoms with van der Waals surface area (Å²) in [5.74, 6) is -0.344. The third-order valence-corrected chi connectivity index (χ3v) is 3.58. The Morgan fingerprint density at radius 3 is 2.68 bits per heavy atom. The van der Waals surface area contributed by atoms with Crippen molar-refractivity contribution in [2.75, 3.05) is 18.5 Å². The minimum Gasteiger partial charge on any atom is -0.466 e. The Bertz CT molecular complexity index is 659. The van der Waals surface area contributed by atoms with Crippen LogP contribution in [0.5, 0.6) is 0 Å². The molecule has 0 amide bonds. The van der Waals surface area contributed by atoms with E-state index in [0.29, 0.717) is 19.6 Å². The highest BCUT2D eigenvalue weighted by atomic mass is 32.2. The molecule has 0 saturated carbocycles. The van der Waals surface area contributed by atoms with E-state index in [1.807, 2.05) is 0 Å². The number of nitrogens with zero attached hydrogens (tertiary/aromatic N) is 1. The molecular formula is C12H17N3O6S. The Morgan fingerprint density at radius 2 is 2.14 bits per heavy atom. The molecule has 0 fully saturated rings. The highest BCUT2D eigenvalue weighted by molar-refractivity contribution is 7.89. The summed E-state index contributed by atoms with van der Waals surface area (Å²) in [5.41, 5.74) is -0.246. The smallest absolute Gasteiger partial charge is 0.305 e. The van der Waals surface area contributed by atoms with E-state index >= 15 is 0 Å². The van der Waals surface area contributed by atoms with Crippen molar-refractivity contribution in [3.63, 3.8) is 0 Å². The van der Waals surface area contributed by atoms with E-state index in [9.17, 15) is 23.3 Å². The lowest BCUT2D eigenvalue weighted by atomic mass is 10.2. The van der Waals surface area contributed by atoms with Gasteiger partial charge in [-0.05, 0) is 25.5 Å². The van der Waals surface area contributed by atoms with Crippen LogP contribution in [0, 0.1) is 10.1 Å². The molecule has 0 unspecified atom stereocenters. The van der Waals surface area contributed by atoms with E-state index in [1.54, 1.807) is 6.92 Å². The van der Waals surface area contributed by atoms with Crippen molar-refractivity contribution < 1.29 is 22.9 Å². The van der Waals surface area contributed by atoms with E-state index in [4.69, 9.17) is 9.88 Å². The number of hydrogen-bond donors (Lipinski definition) is 2. The maximum absolute atomic E-state index is 11.2. The Labute approximate surface area is 127 Å². The SMILES string of the molecule is CCOC(=O)CCCNc1ccc(S(N)(=O)=O)cc1[N+](=O)[O-]. The number of rotatable bonds is 8. The largest absolute Gasteiger partial charge is 0.466 e. The molecule has 0 heterocycles. The minimum absolute atomic E-state index is 0.154. The number of nitro benzene ring substituents is 1. The Morgan fingerprint density at radius 1 is 1.45 bits per heavy atom. The number of benzene rings is 1. The van der Waals surface area contributed by atoms with Crippen LogP contribution in [-0.2, 0) is 19.6 Å². The molecule has 0 bridgehead atoms. The normalized spacial score (nSPS) is 11.0. The lowest BCUT2D eigenvalue weighted by Gasteiger charge is -2.08. The molecule has 0 aliphatic rings. The Kier molecular flexibility index (Phi) is 6.25. The zero-order valence-corrected chi connectivity index (χ0v) is 12.8. The van der Waals surface area contributed by atoms with Gasteiger partial charge in [-0.15, -0.1) is 0 Å². The predicted octanol–water partition coefficient (Wildman–Crippen LogP) is 0.997. The molecule has 9 nitrogen and oxygen atoms in total. The van der Waals surface area contributed by atoms with Crippen molar-refractivity contribution in [3.8, 4) is 0 Å². The summed E-state index contributed by atoms with van der Waals surface area (Å²) in [7, 11) is -4.01. The van der Waals surface area contributed by atoms with Crippen molar-refractivity contribution >= 4 is 27.4 Å². The molecule has 22 heavy (non-hydrogen) atoms. The summed E-state index contributed by atoms with van der Waals surface area (Å²) in [4.78, 5) is 21.1. The molecule has 1 aromatic carbocycles. The summed E-state index contributed by atoms with van der Waals surface area (Å²) >= 11 is 0. The molecule has 0 aliphatic carbocycles. The Hall–Kier alpha value is -2.20. The second-order valence-electron chi connectivity index (χ2n) is 4.32. The maximum Gasteiger partial charge on any atom is 0.305 e. The fourth-order valence-corrected chi connectivity index (χ4v) is 2.21. The zero-order valence-electron chi connectivity index (χ0n) is 11.9. The predicted molar refractivity (Wildman–Crippen MR) is 78.8 cm³/mol. The fourth-order valence-electron chi connectivity index (χ4n) is 1.68. The first-order chi connectivity index (χ1) is 10.3. The van der Waals surface area contributed by atoms with Gasteiger partial charge in [-0.25, -0.2) is 13.6 Å². The molecule has 0 aliphatic heterocycles. The molecule has 0 aromatic heterocycles.